The van der Waals surface area contributed by atoms with Gasteiger partial charge in [-0.3, -0.25) is 0 Å². The molecule has 1 aliphatic rings. The smallest absolute Gasteiger partial charge is 0.356 e. The Kier molecular flexibility index (Phi) is 2.68. The molecule has 0 bridgehead atoms. The van der Waals surface area contributed by atoms with Crippen LogP contribution in [0, 0.1) is 0 Å². The van der Waals surface area contributed by atoms with Gasteiger partial charge >= 0.3 is 5.97 Å². The van der Waals surface area contributed by atoms with E-state index in [1.807, 2.05) is 0 Å². The number of hydrogen-bond acceptors (Lipinski definition) is 4. The van der Waals surface area contributed by atoms with Gasteiger partial charge in [-0.25, -0.2) is 9.78 Å². The number of aryl methyl sites for hydroxylation is 1. The van der Waals surface area contributed by atoms with Crippen molar-refractivity contribution in [3.05, 3.63) is 29.1 Å². The third kappa shape index (κ3) is 1.85. The molecule has 80 valence electrons. The number of pyridine rings is 1. The summed E-state index contributed by atoms with van der Waals surface area (Å²) in [6, 6.07) is 1.71. The van der Waals surface area contributed by atoms with Gasteiger partial charge in [-0.15, -0.1) is 0 Å². The maximum atomic E-state index is 11.2. The van der Waals surface area contributed by atoms with Crippen LogP contribution in [0.1, 0.15) is 40.6 Å². The monoisotopic (exact) mass is 207 g/mol. The molecule has 0 fully saturated rings. The van der Waals surface area contributed by atoms with E-state index in [-0.39, 0.29) is 0 Å². The van der Waals surface area contributed by atoms with Crippen LogP contribution in [0.4, 0.5) is 0 Å². The van der Waals surface area contributed by atoms with Crippen LogP contribution < -0.4 is 0 Å². The molecule has 0 aromatic carbocycles. The summed E-state index contributed by atoms with van der Waals surface area (Å²) < 4.78 is 4.59. The molecular formula is C11H13NO3. The average Bonchev–Trinajstić information content (AvgIpc) is 2.28. The highest BCUT2D eigenvalue weighted by Gasteiger charge is 2.20. The van der Waals surface area contributed by atoms with Gasteiger partial charge < -0.3 is 9.84 Å². The Morgan fingerprint density at radius 1 is 1.67 bits per heavy atom. The Morgan fingerprint density at radius 2 is 2.47 bits per heavy atom. The molecule has 0 radical (unpaired) electrons. The normalized spacial score (nSPS) is 19.5. The van der Waals surface area contributed by atoms with E-state index in [9.17, 15) is 9.90 Å². The van der Waals surface area contributed by atoms with E-state index in [1.165, 1.54) is 7.11 Å². The van der Waals surface area contributed by atoms with Gasteiger partial charge in [0.2, 0.25) is 0 Å². The van der Waals surface area contributed by atoms with Crippen LogP contribution in [0.5, 0.6) is 0 Å². The summed E-state index contributed by atoms with van der Waals surface area (Å²) in [6.07, 6.45) is 3.74. The van der Waals surface area contributed by atoms with Gasteiger partial charge in [0.25, 0.3) is 0 Å². The molecule has 0 saturated carbocycles. The zero-order valence-corrected chi connectivity index (χ0v) is 8.56. The number of aliphatic hydroxyl groups is 1. The molecule has 15 heavy (non-hydrogen) atoms. The molecule has 4 heteroatoms. The number of carbonyl (C=O) groups is 1. The van der Waals surface area contributed by atoms with Gasteiger partial charge in [0, 0.05) is 11.8 Å². The van der Waals surface area contributed by atoms with Gasteiger partial charge in [-0.1, -0.05) is 0 Å². The molecule has 2 rings (SSSR count). The maximum Gasteiger partial charge on any atom is 0.356 e. The standard InChI is InChI=1S/C11H13NO3/c1-15-11(14)9-5-7-3-2-4-10(13)8(7)6-12-9/h5-6,10,13H,2-4H2,1H3. The van der Waals surface area contributed by atoms with Crippen molar-refractivity contribution in [2.45, 2.75) is 25.4 Å². The molecule has 1 aromatic heterocycles. The predicted molar refractivity (Wildman–Crippen MR) is 53.5 cm³/mol. The van der Waals surface area contributed by atoms with Crippen molar-refractivity contribution in [3.8, 4) is 0 Å². The van der Waals surface area contributed by atoms with Crippen molar-refractivity contribution in [2.24, 2.45) is 0 Å². The van der Waals surface area contributed by atoms with Crippen molar-refractivity contribution in [1.29, 1.82) is 0 Å². The van der Waals surface area contributed by atoms with E-state index < -0.39 is 12.1 Å². The van der Waals surface area contributed by atoms with Crippen LogP contribution >= 0.6 is 0 Å². The third-order valence-electron chi connectivity index (χ3n) is 2.70. The van der Waals surface area contributed by atoms with Crippen LogP contribution in [0.2, 0.25) is 0 Å². The number of carbonyl (C=O) groups excluding carboxylic acids is 1. The second kappa shape index (κ2) is 3.98. The molecule has 1 N–H and O–H groups in total. The molecule has 1 heterocycles. The summed E-state index contributed by atoms with van der Waals surface area (Å²) in [4.78, 5) is 15.2. The molecule has 1 aliphatic carbocycles. The lowest BCUT2D eigenvalue weighted by molar-refractivity contribution is 0.0593. The number of aromatic nitrogens is 1. The summed E-state index contributed by atoms with van der Waals surface area (Å²) >= 11 is 0. The number of nitrogens with zero attached hydrogens (tertiary/aromatic N) is 1. The fourth-order valence-electron chi connectivity index (χ4n) is 1.88. The summed E-state index contributed by atoms with van der Waals surface area (Å²) in [5.74, 6) is -0.433. The SMILES string of the molecule is COC(=O)c1cc2c(cn1)C(O)CCC2. The fraction of sp³-hybridized carbons (Fsp3) is 0.455. The van der Waals surface area contributed by atoms with Crippen LogP contribution in [0.15, 0.2) is 12.3 Å². The summed E-state index contributed by atoms with van der Waals surface area (Å²) in [7, 11) is 1.33. The van der Waals surface area contributed by atoms with E-state index in [0.29, 0.717) is 5.69 Å². The van der Waals surface area contributed by atoms with E-state index in [1.54, 1.807) is 12.3 Å². The van der Waals surface area contributed by atoms with E-state index >= 15 is 0 Å². The molecule has 1 unspecified atom stereocenters. The minimum absolute atomic E-state index is 0.311. The fourth-order valence-corrected chi connectivity index (χ4v) is 1.88. The predicted octanol–water partition coefficient (Wildman–Crippen LogP) is 1.24. The van der Waals surface area contributed by atoms with Gasteiger partial charge in [-0.2, -0.15) is 0 Å². The number of aliphatic hydroxyl groups excluding tert-OH is 1. The molecule has 4 nitrogen and oxygen atoms in total. The summed E-state index contributed by atoms with van der Waals surface area (Å²) in [5, 5.41) is 9.69. The Morgan fingerprint density at radius 3 is 3.20 bits per heavy atom. The van der Waals surface area contributed by atoms with E-state index in [0.717, 1.165) is 30.4 Å². The lowest BCUT2D eigenvalue weighted by Crippen LogP contribution is -2.13. The molecule has 0 amide bonds. The largest absolute Gasteiger partial charge is 0.464 e. The molecule has 0 saturated heterocycles. The van der Waals surface area contributed by atoms with Crippen molar-refractivity contribution in [1.82, 2.24) is 4.98 Å². The number of fused-ring (bicyclic) bond motifs is 1. The lowest BCUT2D eigenvalue weighted by atomic mass is 9.90. The first-order valence-corrected chi connectivity index (χ1v) is 4.97. The average molecular weight is 207 g/mol. The first kappa shape index (κ1) is 10.1. The number of methoxy groups -OCH3 is 1. The second-order valence-electron chi connectivity index (χ2n) is 3.67. The van der Waals surface area contributed by atoms with E-state index in [2.05, 4.69) is 9.72 Å². The van der Waals surface area contributed by atoms with Crippen LogP contribution in [0.3, 0.4) is 0 Å². The molecule has 0 aliphatic heterocycles. The maximum absolute atomic E-state index is 11.2. The lowest BCUT2D eigenvalue weighted by Gasteiger charge is -2.20. The number of rotatable bonds is 1. The molecular weight excluding hydrogens is 194 g/mol. The second-order valence-corrected chi connectivity index (χ2v) is 3.67. The van der Waals surface area contributed by atoms with Gasteiger partial charge in [-0.05, 0) is 30.9 Å². The van der Waals surface area contributed by atoms with Crippen LogP contribution in [-0.4, -0.2) is 23.2 Å². The highest BCUT2D eigenvalue weighted by Crippen LogP contribution is 2.29. The van der Waals surface area contributed by atoms with Crippen molar-refractivity contribution < 1.29 is 14.6 Å². The van der Waals surface area contributed by atoms with Gasteiger partial charge in [0.15, 0.2) is 0 Å². The summed E-state index contributed by atoms with van der Waals surface area (Å²) in [5.41, 5.74) is 2.16. The minimum Gasteiger partial charge on any atom is -0.464 e. The first-order valence-electron chi connectivity index (χ1n) is 4.97. The summed E-state index contributed by atoms with van der Waals surface area (Å²) in [6.45, 7) is 0. The quantitative estimate of drug-likeness (QED) is 0.704. The van der Waals surface area contributed by atoms with Crippen molar-refractivity contribution >= 4 is 5.97 Å². The zero-order valence-electron chi connectivity index (χ0n) is 8.56. The van der Waals surface area contributed by atoms with Crippen molar-refractivity contribution in [3.63, 3.8) is 0 Å². The highest BCUT2D eigenvalue weighted by atomic mass is 16.5. The highest BCUT2D eigenvalue weighted by molar-refractivity contribution is 5.87. The van der Waals surface area contributed by atoms with Crippen LogP contribution in [0.25, 0.3) is 0 Å². The molecule has 0 spiro atoms. The number of hydrogen-bond donors (Lipinski definition) is 1. The molecule has 1 atom stereocenters. The Balaban J connectivity index is 2.37. The number of esters is 1. The van der Waals surface area contributed by atoms with Gasteiger partial charge in [0.05, 0.1) is 13.2 Å². The zero-order chi connectivity index (χ0) is 10.8. The van der Waals surface area contributed by atoms with E-state index in [4.69, 9.17) is 0 Å². The number of ether oxygens (including phenoxy) is 1. The Hall–Kier alpha value is -1.42. The molecule has 1 aromatic rings. The first-order chi connectivity index (χ1) is 7.22. The minimum atomic E-state index is -0.437. The topological polar surface area (TPSA) is 59.4 Å². The Bertz CT molecular complexity index is 389. The Labute approximate surface area is 87.9 Å². The third-order valence-corrected chi connectivity index (χ3v) is 2.70. The van der Waals surface area contributed by atoms with Crippen molar-refractivity contribution in [2.75, 3.05) is 7.11 Å². The van der Waals surface area contributed by atoms with Gasteiger partial charge in [0.1, 0.15) is 5.69 Å². The van der Waals surface area contributed by atoms with Crippen LogP contribution in [-0.2, 0) is 11.2 Å².